The Hall–Kier alpha value is -3.26. The molecule has 5 nitrogen and oxygen atoms in total. The molecule has 2 heterocycles. The van der Waals surface area contributed by atoms with Gasteiger partial charge in [-0.05, 0) is 25.5 Å². The Balaban J connectivity index is 0.000000989. The van der Waals surface area contributed by atoms with Crippen molar-refractivity contribution in [3.05, 3.63) is 54.4 Å². The third-order valence-corrected chi connectivity index (χ3v) is 3.91. The quantitative estimate of drug-likeness (QED) is 0.443. The lowest BCUT2D eigenvalue weighted by atomic mass is 10.1. The fourth-order valence-electron chi connectivity index (χ4n) is 2.54. The van der Waals surface area contributed by atoms with Crippen molar-refractivity contribution < 1.29 is 5.11 Å². The highest BCUT2D eigenvalue weighted by molar-refractivity contribution is 5.68. The molecule has 0 radical (unpaired) electrons. The van der Waals surface area contributed by atoms with Crippen LogP contribution >= 0.6 is 0 Å². The number of rotatable bonds is 3. The van der Waals surface area contributed by atoms with Crippen LogP contribution < -0.4 is 5.73 Å². The highest BCUT2D eigenvalue weighted by Crippen LogP contribution is 2.28. The first kappa shape index (κ1) is 23.8. The summed E-state index contributed by atoms with van der Waals surface area (Å²) in [6.07, 6.45) is 8.65. The van der Waals surface area contributed by atoms with Gasteiger partial charge in [0.1, 0.15) is 11.6 Å². The topological polar surface area (TPSA) is 76.4 Å². The first-order valence-electron chi connectivity index (χ1n) is 10.2. The molecule has 0 fully saturated rings. The molecule has 2 aromatic heterocycles. The molecule has 154 valence electrons. The summed E-state index contributed by atoms with van der Waals surface area (Å²) in [5, 5.41) is 10.00. The molecule has 1 unspecified atom stereocenters. The van der Waals surface area contributed by atoms with Gasteiger partial charge in [0.25, 0.3) is 0 Å². The molecule has 0 spiro atoms. The van der Waals surface area contributed by atoms with Crippen molar-refractivity contribution in [3.63, 3.8) is 0 Å². The van der Waals surface area contributed by atoms with Gasteiger partial charge < -0.3 is 10.8 Å². The second kappa shape index (κ2) is 12.2. The number of benzene rings is 1. The highest BCUT2D eigenvalue weighted by Gasteiger charge is 2.11. The Morgan fingerprint density at radius 2 is 1.83 bits per heavy atom. The predicted octanol–water partition coefficient (Wildman–Crippen LogP) is 5.69. The molecular formula is C24H32N4O. The van der Waals surface area contributed by atoms with Gasteiger partial charge >= 0.3 is 0 Å². The monoisotopic (exact) mass is 392 g/mol. The normalized spacial score (nSPS) is 11.0. The number of phenolic OH excluding ortho intramolecular Hbond substituents is 1. The maximum absolute atomic E-state index is 10.00. The highest BCUT2D eigenvalue weighted by atomic mass is 16.3. The van der Waals surface area contributed by atoms with E-state index in [-0.39, 0.29) is 11.7 Å². The number of aromatic nitrogens is 3. The van der Waals surface area contributed by atoms with Crippen LogP contribution in [0.5, 0.6) is 5.75 Å². The van der Waals surface area contributed by atoms with Crippen molar-refractivity contribution >= 4 is 11.6 Å². The second-order valence-corrected chi connectivity index (χ2v) is 5.70. The zero-order chi connectivity index (χ0) is 21.8. The predicted molar refractivity (Wildman–Crippen MR) is 123 cm³/mol. The number of nitrogens with zero attached hydrogens (tertiary/aromatic N) is 3. The van der Waals surface area contributed by atoms with Gasteiger partial charge in [-0.15, -0.1) is 0 Å². The average Bonchev–Trinajstić information content (AvgIpc) is 3.16. The van der Waals surface area contributed by atoms with Crippen molar-refractivity contribution in [1.82, 2.24) is 14.4 Å². The van der Waals surface area contributed by atoms with Gasteiger partial charge in [-0.2, -0.15) is 4.98 Å². The molecule has 5 heteroatoms. The maximum Gasteiger partial charge on any atom is 0.236 e. The molecule has 3 aromatic rings. The maximum atomic E-state index is 10.00. The van der Waals surface area contributed by atoms with E-state index < -0.39 is 0 Å². The average molecular weight is 393 g/mol. The molecule has 3 N–H and O–H groups in total. The number of aromatic hydroxyl groups is 1. The number of nitrogen functional groups attached to an aromatic ring is 1. The second-order valence-electron chi connectivity index (χ2n) is 5.70. The summed E-state index contributed by atoms with van der Waals surface area (Å²) >= 11 is 0. The van der Waals surface area contributed by atoms with Gasteiger partial charge in [0.05, 0.1) is 11.3 Å². The summed E-state index contributed by atoms with van der Waals surface area (Å²) in [5.74, 6) is 7.52. The molecule has 0 aliphatic heterocycles. The van der Waals surface area contributed by atoms with Crippen LogP contribution in [0.25, 0.3) is 17.0 Å². The Kier molecular flexibility index (Phi) is 10.0. The van der Waals surface area contributed by atoms with Gasteiger partial charge in [-0.25, -0.2) is 4.98 Å². The van der Waals surface area contributed by atoms with E-state index in [0.29, 0.717) is 28.4 Å². The van der Waals surface area contributed by atoms with E-state index in [1.165, 1.54) is 0 Å². The summed E-state index contributed by atoms with van der Waals surface area (Å²) < 4.78 is 1.78. The summed E-state index contributed by atoms with van der Waals surface area (Å²) in [4.78, 5) is 8.77. The number of phenols is 1. The number of anilines is 1. The smallest absolute Gasteiger partial charge is 0.236 e. The number of imidazole rings is 1. The molecule has 0 aliphatic rings. The summed E-state index contributed by atoms with van der Waals surface area (Å²) in [6.45, 7) is 12.1. The van der Waals surface area contributed by atoms with Crippen LogP contribution in [0.1, 0.15) is 53.5 Å². The van der Waals surface area contributed by atoms with Crippen LogP contribution in [-0.2, 0) is 0 Å². The number of hydrogen-bond acceptors (Lipinski definition) is 4. The Morgan fingerprint density at radius 3 is 2.45 bits per heavy atom. The van der Waals surface area contributed by atoms with E-state index in [4.69, 9.17) is 5.73 Å². The Morgan fingerprint density at radius 1 is 1.14 bits per heavy atom. The standard InChI is InChI=1S/C20H20N4O.2C2H6/c1-3-7-14(4-2)10-11-15-12-24-13-17(22-20(24)23-19(15)21)16-8-5-6-9-18(16)25;2*1-2/h3,5-9,12-14,25H,4H2,1-2H3,(H2,21,22,23);2*1-2H3/b7-3-;;. The molecule has 3 rings (SSSR count). The van der Waals surface area contributed by atoms with Crippen LogP contribution in [0.15, 0.2) is 48.8 Å². The fraction of sp³-hybridized carbons (Fsp3) is 0.333. The Labute approximate surface area is 174 Å². The molecule has 0 aliphatic carbocycles. The minimum absolute atomic E-state index is 0.177. The van der Waals surface area contributed by atoms with E-state index in [0.717, 1.165) is 6.42 Å². The number of fused-ring (bicyclic) bond motifs is 1. The molecule has 0 saturated carbocycles. The third kappa shape index (κ3) is 6.11. The fourth-order valence-corrected chi connectivity index (χ4v) is 2.54. The van der Waals surface area contributed by atoms with Gasteiger partial charge in [-0.3, -0.25) is 4.40 Å². The molecule has 0 bridgehead atoms. The van der Waals surface area contributed by atoms with Crippen LogP contribution in [-0.4, -0.2) is 19.5 Å². The molecule has 0 amide bonds. The molecule has 29 heavy (non-hydrogen) atoms. The first-order valence-corrected chi connectivity index (χ1v) is 10.2. The molecule has 1 aromatic carbocycles. The minimum Gasteiger partial charge on any atom is -0.507 e. The largest absolute Gasteiger partial charge is 0.507 e. The first-order chi connectivity index (χ1) is 14.1. The summed E-state index contributed by atoms with van der Waals surface area (Å²) in [6, 6.07) is 7.06. The van der Waals surface area contributed by atoms with Crippen molar-refractivity contribution in [1.29, 1.82) is 0 Å². The third-order valence-electron chi connectivity index (χ3n) is 3.91. The molecule has 0 saturated heterocycles. The van der Waals surface area contributed by atoms with Crippen LogP contribution in [0, 0.1) is 17.8 Å². The van der Waals surface area contributed by atoms with Gasteiger partial charge in [-0.1, -0.05) is 70.7 Å². The summed E-state index contributed by atoms with van der Waals surface area (Å²) in [5.41, 5.74) is 7.98. The SMILES string of the molecule is C/C=C\C(C#Cc1cn2cc(-c3ccccc3O)nc2nc1N)CC.CC.CC. The zero-order valence-corrected chi connectivity index (χ0v) is 18.3. The van der Waals surface area contributed by atoms with Gasteiger partial charge in [0, 0.05) is 23.9 Å². The minimum atomic E-state index is 0.177. The number of allylic oxidation sites excluding steroid dienone is 2. The van der Waals surface area contributed by atoms with Crippen LogP contribution in [0.4, 0.5) is 5.82 Å². The number of hydrogen-bond donors (Lipinski definition) is 2. The van der Waals surface area contributed by atoms with E-state index in [1.807, 2.05) is 65.2 Å². The number of nitrogens with two attached hydrogens (primary N) is 1. The Bertz CT molecular complexity index is 993. The van der Waals surface area contributed by atoms with Gasteiger partial charge in [0.2, 0.25) is 5.78 Å². The van der Waals surface area contributed by atoms with E-state index in [1.54, 1.807) is 16.5 Å². The van der Waals surface area contributed by atoms with E-state index in [2.05, 4.69) is 34.8 Å². The van der Waals surface area contributed by atoms with Crippen molar-refractivity contribution in [2.24, 2.45) is 5.92 Å². The molecular weight excluding hydrogens is 360 g/mol. The lowest BCUT2D eigenvalue weighted by molar-refractivity contribution is 0.477. The number of para-hydroxylation sites is 1. The van der Waals surface area contributed by atoms with Crippen molar-refractivity contribution in [3.8, 4) is 28.8 Å². The summed E-state index contributed by atoms with van der Waals surface area (Å²) in [7, 11) is 0. The van der Waals surface area contributed by atoms with E-state index >= 15 is 0 Å². The zero-order valence-electron chi connectivity index (χ0n) is 18.3. The van der Waals surface area contributed by atoms with Crippen LogP contribution in [0.3, 0.4) is 0 Å². The van der Waals surface area contributed by atoms with Gasteiger partial charge in [0.15, 0.2) is 0 Å². The van der Waals surface area contributed by atoms with Crippen molar-refractivity contribution in [2.75, 3.05) is 5.73 Å². The lowest BCUT2D eigenvalue weighted by Crippen LogP contribution is -1.99. The van der Waals surface area contributed by atoms with E-state index in [9.17, 15) is 5.11 Å². The van der Waals surface area contributed by atoms with Crippen LogP contribution in [0.2, 0.25) is 0 Å². The van der Waals surface area contributed by atoms with Crippen molar-refractivity contribution in [2.45, 2.75) is 48.0 Å². The molecule has 1 atom stereocenters. The lowest BCUT2D eigenvalue weighted by Gasteiger charge is -2.01.